The third kappa shape index (κ3) is 2.61. The third-order valence-electron chi connectivity index (χ3n) is 1.54. The van der Waals surface area contributed by atoms with Crippen molar-refractivity contribution < 1.29 is 15.3 Å². The van der Waals surface area contributed by atoms with E-state index in [1.807, 2.05) is 0 Å². The van der Waals surface area contributed by atoms with E-state index in [-0.39, 0.29) is 17.7 Å². The van der Waals surface area contributed by atoms with Gasteiger partial charge in [-0.05, 0) is 6.92 Å². The monoisotopic (exact) mass is 214 g/mol. The molecule has 14 heavy (non-hydrogen) atoms. The lowest BCUT2D eigenvalue weighted by Crippen LogP contribution is -2.64. The molecule has 0 saturated carbocycles. The van der Waals surface area contributed by atoms with Gasteiger partial charge in [-0.25, -0.2) is 4.98 Å². The van der Waals surface area contributed by atoms with Crippen LogP contribution in [0.4, 0.5) is 5.13 Å². The Bertz CT molecular complexity index is 359. The summed E-state index contributed by atoms with van der Waals surface area (Å²) < 4.78 is 0. The molecule has 0 fully saturated rings. The largest absolute Gasteiger partial charge is 0.348 e. The molecule has 1 amide bonds. The molecule has 0 aliphatic heterocycles. The molecule has 1 atom stereocenters. The number of hydrogen-bond acceptors (Lipinski definition) is 4. The molecule has 0 saturated heterocycles. The van der Waals surface area contributed by atoms with Gasteiger partial charge in [-0.3, -0.25) is 14.9 Å². The summed E-state index contributed by atoms with van der Waals surface area (Å²) >= 11 is 1.23. The molecule has 0 aliphatic carbocycles. The number of Topliss-reactive ketones (excluding diaryl/α,β-unsaturated/α-hetero) is 1. The number of carbonyl (C=O) groups is 2. The molecular formula is C8H12N3O2S+. The van der Waals surface area contributed by atoms with E-state index in [0.29, 0.717) is 10.8 Å². The maximum Gasteiger partial charge on any atom is 0.283 e. The molecule has 1 rings (SSSR count). The van der Waals surface area contributed by atoms with E-state index in [1.54, 1.807) is 12.3 Å². The predicted molar refractivity (Wildman–Crippen MR) is 53.1 cm³/mol. The van der Waals surface area contributed by atoms with Crippen molar-refractivity contribution in [2.45, 2.75) is 19.9 Å². The second-order valence-electron chi connectivity index (χ2n) is 2.98. The Kier molecular flexibility index (Phi) is 3.32. The van der Waals surface area contributed by atoms with E-state index >= 15 is 0 Å². The fourth-order valence-corrected chi connectivity index (χ4v) is 1.47. The Morgan fingerprint density at radius 3 is 2.71 bits per heavy atom. The molecule has 0 radical (unpaired) electrons. The zero-order valence-electron chi connectivity index (χ0n) is 8.03. The summed E-state index contributed by atoms with van der Waals surface area (Å²) in [5.41, 5.74) is 3.95. The van der Waals surface area contributed by atoms with E-state index < -0.39 is 0 Å². The minimum atomic E-state index is -0.334. The van der Waals surface area contributed by atoms with Gasteiger partial charge in [0, 0.05) is 12.3 Å². The second-order valence-corrected chi connectivity index (χ2v) is 3.84. The van der Waals surface area contributed by atoms with Gasteiger partial charge in [-0.2, -0.15) is 0 Å². The summed E-state index contributed by atoms with van der Waals surface area (Å²) in [5.74, 6) is -0.307. The number of anilines is 1. The molecule has 0 spiro atoms. The summed E-state index contributed by atoms with van der Waals surface area (Å²) in [4.78, 5) is 26.0. The van der Waals surface area contributed by atoms with Crippen LogP contribution in [0.15, 0.2) is 5.38 Å². The zero-order valence-corrected chi connectivity index (χ0v) is 8.85. The molecule has 1 aromatic rings. The highest BCUT2D eigenvalue weighted by Crippen LogP contribution is 2.15. The summed E-state index contributed by atoms with van der Waals surface area (Å²) in [6.45, 7) is 3.12. The van der Waals surface area contributed by atoms with E-state index in [1.165, 1.54) is 18.3 Å². The zero-order chi connectivity index (χ0) is 10.7. The van der Waals surface area contributed by atoms with Gasteiger partial charge in [0.15, 0.2) is 17.0 Å². The first-order valence-corrected chi connectivity index (χ1v) is 4.99. The molecule has 5 nitrogen and oxygen atoms in total. The van der Waals surface area contributed by atoms with Gasteiger partial charge in [0.25, 0.3) is 5.91 Å². The van der Waals surface area contributed by atoms with Crippen molar-refractivity contribution in [3.63, 3.8) is 0 Å². The van der Waals surface area contributed by atoms with Crippen LogP contribution in [0, 0.1) is 0 Å². The number of nitrogens with zero attached hydrogens (tertiary/aromatic N) is 1. The van der Waals surface area contributed by atoms with E-state index in [0.717, 1.165) is 0 Å². The van der Waals surface area contributed by atoms with Gasteiger partial charge in [0.2, 0.25) is 0 Å². The van der Waals surface area contributed by atoms with Crippen molar-refractivity contribution in [1.82, 2.24) is 4.98 Å². The Morgan fingerprint density at radius 1 is 1.64 bits per heavy atom. The highest BCUT2D eigenvalue weighted by molar-refractivity contribution is 7.14. The van der Waals surface area contributed by atoms with Crippen molar-refractivity contribution in [2.75, 3.05) is 5.32 Å². The van der Waals surface area contributed by atoms with Crippen molar-refractivity contribution in [1.29, 1.82) is 0 Å². The van der Waals surface area contributed by atoms with Gasteiger partial charge in [0.05, 0.1) is 0 Å². The van der Waals surface area contributed by atoms with Gasteiger partial charge in [-0.1, -0.05) is 0 Å². The summed E-state index contributed by atoms with van der Waals surface area (Å²) in [6, 6.07) is -0.334. The van der Waals surface area contributed by atoms with Crippen LogP contribution in [-0.2, 0) is 4.79 Å². The van der Waals surface area contributed by atoms with Crippen molar-refractivity contribution in [3.05, 3.63) is 11.1 Å². The average Bonchev–Trinajstić information content (AvgIpc) is 2.52. The topological polar surface area (TPSA) is 86.7 Å². The summed E-state index contributed by atoms with van der Waals surface area (Å²) in [5, 5.41) is 4.63. The van der Waals surface area contributed by atoms with Crippen molar-refractivity contribution in [3.8, 4) is 0 Å². The van der Waals surface area contributed by atoms with Crippen LogP contribution in [0.3, 0.4) is 0 Å². The van der Waals surface area contributed by atoms with Crippen LogP contribution >= 0.6 is 11.3 Å². The third-order valence-corrected chi connectivity index (χ3v) is 2.30. The minimum Gasteiger partial charge on any atom is -0.348 e. The first-order chi connectivity index (χ1) is 6.50. The maximum absolute atomic E-state index is 11.2. The number of rotatable bonds is 3. The van der Waals surface area contributed by atoms with Crippen LogP contribution in [0.2, 0.25) is 0 Å². The summed E-state index contributed by atoms with van der Waals surface area (Å²) in [6.07, 6.45) is 0. The van der Waals surface area contributed by atoms with E-state index in [4.69, 9.17) is 0 Å². The number of nitrogens with one attached hydrogen (secondary N) is 1. The van der Waals surface area contributed by atoms with E-state index in [9.17, 15) is 9.59 Å². The van der Waals surface area contributed by atoms with Gasteiger partial charge in [0.1, 0.15) is 5.69 Å². The predicted octanol–water partition coefficient (Wildman–Crippen LogP) is -0.0854. The van der Waals surface area contributed by atoms with Gasteiger partial charge in [-0.15, -0.1) is 11.3 Å². The molecule has 0 bridgehead atoms. The molecule has 1 aromatic heterocycles. The number of carbonyl (C=O) groups excluding carboxylic acids is 2. The standard InChI is InChI=1S/C8H11N3O2S/c1-4(9)7(13)11-8-10-6(3-14-8)5(2)12/h3-4H,9H2,1-2H3,(H,10,11,13)/p+1/t4-/m1/s1. The highest BCUT2D eigenvalue weighted by Gasteiger charge is 2.13. The number of ketones is 1. The lowest BCUT2D eigenvalue weighted by atomic mass is 10.3. The number of aromatic nitrogens is 1. The van der Waals surface area contributed by atoms with Crippen LogP contribution < -0.4 is 11.1 Å². The quantitative estimate of drug-likeness (QED) is 0.690. The smallest absolute Gasteiger partial charge is 0.283 e. The average molecular weight is 214 g/mol. The number of thiazole rings is 1. The molecule has 0 unspecified atom stereocenters. The molecule has 4 N–H and O–H groups in total. The van der Waals surface area contributed by atoms with Crippen molar-refractivity contribution >= 4 is 28.2 Å². The number of amides is 1. The Labute approximate surface area is 85.3 Å². The number of quaternary nitrogens is 1. The second kappa shape index (κ2) is 4.30. The first kappa shape index (κ1) is 10.8. The van der Waals surface area contributed by atoms with Gasteiger partial charge >= 0.3 is 0 Å². The first-order valence-electron chi connectivity index (χ1n) is 4.11. The van der Waals surface area contributed by atoms with E-state index in [2.05, 4.69) is 16.0 Å². The van der Waals surface area contributed by atoms with Crippen LogP contribution in [0.1, 0.15) is 24.3 Å². The maximum atomic E-state index is 11.2. The lowest BCUT2D eigenvalue weighted by molar-refractivity contribution is -0.396. The molecule has 76 valence electrons. The van der Waals surface area contributed by atoms with Crippen LogP contribution in [0.25, 0.3) is 0 Å². The lowest BCUT2D eigenvalue weighted by Gasteiger charge is -2.00. The fourth-order valence-electron chi connectivity index (χ4n) is 0.721. The minimum absolute atomic E-state index is 0.107. The van der Waals surface area contributed by atoms with Crippen molar-refractivity contribution in [2.24, 2.45) is 0 Å². The Morgan fingerprint density at radius 2 is 2.29 bits per heavy atom. The molecule has 0 aliphatic rings. The highest BCUT2D eigenvalue weighted by atomic mass is 32.1. The number of hydrogen-bond donors (Lipinski definition) is 2. The van der Waals surface area contributed by atoms with Crippen LogP contribution in [-0.4, -0.2) is 22.7 Å². The molecule has 1 heterocycles. The van der Waals surface area contributed by atoms with Crippen LogP contribution in [0.5, 0.6) is 0 Å². The SMILES string of the molecule is CC(=O)c1csc(NC(=O)[C@@H](C)[NH3+])n1. The fraction of sp³-hybridized carbons (Fsp3) is 0.375. The molecular weight excluding hydrogens is 202 g/mol. The van der Waals surface area contributed by atoms with Gasteiger partial charge < -0.3 is 5.73 Å². The Balaban J connectivity index is 2.69. The summed E-state index contributed by atoms with van der Waals surface area (Å²) in [7, 11) is 0. The molecule has 6 heteroatoms. The molecule has 0 aromatic carbocycles. The normalized spacial score (nSPS) is 12.2. The Hall–Kier alpha value is -1.27.